The number of imidazole rings is 1. The van der Waals surface area contributed by atoms with Crippen molar-refractivity contribution in [1.29, 1.82) is 0 Å². The number of aromatic amines is 1. The number of nitrogens with one attached hydrogen (secondary N) is 1. The third-order valence-electron chi connectivity index (χ3n) is 8.39. The van der Waals surface area contributed by atoms with E-state index in [0.717, 1.165) is 0 Å². The van der Waals surface area contributed by atoms with Crippen LogP contribution in [0.2, 0.25) is 0 Å². The molecule has 0 aliphatic rings. The van der Waals surface area contributed by atoms with Gasteiger partial charge in [-0.05, 0) is 32.6 Å². The Morgan fingerprint density at radius 2 is 0.889 bits per heavy atom. The van der Waals surface area contributed by atoms with Crippen LogP contribution in [-0.2, 0) is 0 Å². The molecule has 2 atom stereocenters. The molecule has 0 fully saturated rings. The van der Waals surface area contributed by atoms with Gasteiger partial charge >= 0.3 is 0 Å². The third-order valence-corrected chi connectivity index (χ3v) is 8.39. The van der Waals surface area contributed by atoms with Crippen molar-refractivity contribution < 1.29 is 4.57 Å². The van der Waals surface area contributed by atoms with Crippen molar-refractivity contribution >= 4 is 0 Å². The van der Waals surface area contributed by atoms with Crippen molar-refractivity contribution in [2.45, 2.75) is 200 Å². The number of hydrogen-bond acceptors (Lipinski definition) is 0. The number of H-pyrrole nitrogens is 1. The summed E-state index contributed by atoms with van der Waals surface area (Å²) >= 11 is 0. The molecule has 36 heavy (non-hydrogen) atoms. The minimum Gasteiger partial charge on any atom is -0.247 e. The van der Waals surface area contributed by atoms with Gasteiger partial charge in [-0.2, -0.15) is 0 Å². The standard InChI is InChI=1S/C34H66N2/c1-5-8-11-14-15-16-17-18-19-20-23-26-29-33(28-25-22-13-10-7-3)34-35-30-31-36(34)32(4)27-24-21-12-9-6-2/h30-33H,5-29H2,1-4H3/p+1. The Kier molecular flexibility index (Phi) is 22.7. The highest BCUT2D eigenvalue weighted by Gasteiger charge is 2.25. The fourth-order valence-electron chi connectivity index (χ4n) is 5.90. The van der Waals surface area contributed by atoms with E-state index < -0.39 is 0 Å². The predicted octanol–water partition coefficient (Wildman–Crippen LogP) is 11.8. The molecule has 1 rings (SSSR count). The summed E-state index contributed by atoms with van der Waals surface area (Å²) in [5.74, 6) is 2.24. The lowest BCUT2D eigenvalue weighted by Crippen LogP contribution is -2.41. The molecule has 2 unspecified atom stereocenters. The molecule has 0 aromatic carbocycles. The first kappa shape index (κ1) is 33.2. The predicted molar refractivity (Wildman–Crippen MR) is 161 cm³/mol. The summed E-state index contributed by atoms with van der Waals surface area (Å²) in [6.07, 6.45) is 39.8. The summed E-state index contributed by atoms with van der Waals surface area (Å²) in [6.45, 7) is 9.38. The molecular weight excluding hydrogens is 436 g/mol. The van der Waals surface area contributed by atoms with Crippen molar-refractivity contribution in [3.05, 3.63) is 18.2 Å². The van der Waals surface area contributed by atoms with Gasteiger partial charge in [0.25, 0.3) is 5.82 Å². The molecule has 2 nitrogen and oxygen atoms in total. The molecule has 0 saturated carbocycles. The quantitative estimate of drug-likeness (QED) is 0.0909. The number of aromatic nitrogens is 2. The second-order valence-corrected chi connectivity index (χ2v) is 11.9. The second-order valence-electron chi connectivity index (χ2n) is 11.9. The second kappa shape index (κ2) is 24.5. The van der Waals surface area contributed by atoms with E-state index in [1.54, 1.807) is 0 Å². The topological polar surface area (TPSA) is 19.7 Å². The lowest BCUT2D eigenvalue weighted by molar-refractivity contribution is -0.727. The van der Waals surface area contributed by atoms with Gasteiger partial charge in [0.15, 0.2) is 0 Å². The molecule has 0 spiro atoms. The van der Waals surface area contributed by atoms with E-state index in [2.05, 4.69) is 49.6 Å². The molecule has 1 aromatic rings. The Morgan fingerprint density at radius 1 is 0.528 bits per heavy atom. The van der Waals surface area contributed by atoms with E-state index in [-0.39, 0.29) is 0 Å². The van der Waals surface area contributed by atoms with Gasteiger partial charge in [0.05, 0.1) is 12.0 Å². The number of hydrogen-bond donors (Lipinski definition) is 1. The maximum absolute atomic E-state index is 3.71. The highest BCUT2D eigenvalue weighted by Crippen LogP contribution is 2.27. The monoisotopic (exact) mass is 504 g/mol. The Labute approximate surface area is 227 Å². The van der Waals surface area contributed by atoms with E-state index >= 15 is 0 Å². The van der Waals surface area contributed by atoms with Crippen molar-refractivity contribution in [3.63, 3.8) is 0 Å². The molecule has 212 valence electrons. The van der Waals surface area contributed by atoms with E-state index in [9.17, 15) is 0 Å². The molecule has 1 N–H and O–H groups in total. The van der Waals surface area contributed by atoms with Gasteiger partial charge < -0.3 is 0 Å². The van der Waals surface area contributed by atoms with Crippen LogP contribution >= 0.6 is 0 Å². The van der Waals surface area contributed by atoms with Crippen LogP contribution in [-0.4, -0.2) is 4.98 Å². The zero-order valence-electron chi connectivity index (χ0n) is 25.4. The van der Waals surface area contributed by atoms with E-state index in [1.807, 2.05) is 0 Å². The minimum atomic E-state index is 0.623. The molecule has 1 aromatic heterocycles. The van der Waals surface area contributed by atoms with Crippen molar-refractivity contribution in [2.75, 3.05) is 0 Å². The Bertz CT molecular complexity index is 563. The van der Waals surface area contributed by atoms with Gasteiger partial charge in [-0.3, -0.25) is 0 Å². The van der Waals surface area contributed by atoms with E-state index in [0.29, 0.717) is 12.0 Å². The molecule has 2 heteroatoms. The van der Waals surface area contributed by atoms with Crippen LogP contribution in [0.15, 0.2) is 12.4 Å². The molecule has 0 aliphatic carbocycles. The van der Waals surface area contributed by atoms with E-state index in [4.69, 9.17) is 0 Å². The van der Waals surface area contributed by atoms with Crippen LogP contribution < -0.4 is 4.57 Å². The first-order valence-corrected chi connectivity index (χ1v) is 16.8. The summed E-state index contributed by atoms with van der Waals surface area (Å²) in [6, 6.07) is 0.623. The van der Waals surface area contributed by atoms with Crippen molar-refractivity contribution in [1.82, 2.24) is 4.98 Å². The zero-order chi connectivity index (χ0) is 26.1. The average molecular weight is 504 g/mol. The highest BCUT2D eigenvalue weighted by atomic mass is 15.1. The van der Waals surface area contributed by atoms with Gasteiger partial charge in [0.1, 0.15) is 12.4 Å². The summed E-state index contributed by atoms with van der Waals surface area (Å²) in [4.78, 5) is 3.71. The fourth-order valence-corrected chi connectivity index (χ4v) is 5.90. The summed E-state index contributed by atoms with van der Waals surface area (Å²) in [7, 11) is 0. The van der Waals surface area contributed by atoms with E-state index in [1.165, 1.54) is 166 Å². The highest BCUT2D eigenvalue weighted by molar-refractivity contribution is 4.90. The summed E-state index contributed by atoms with van der Waals surface area (Å²) < 4.78 is 2.61. The van der Waals surface area contributed by atoms with Crippen LogP contribution in [0.3, 0.4) is 0 Å². The average Bonchev–Trinajstić information content (AvgIpc) is 3.37. The van der Waals surface area contributed by atoms with Crippen molar-refractivity contribution in [2.24, 2.45) is 0 Å². The maximum Gasteiger partial charge on any atom is 0.257 e. The van der Waals surface area contributed by atoms with Gasteiger partial charge in [0, 0.05) is 0 Å². The molecule has 1 heterocycles. The normalized spacial score (nSPS) is 13.3. The van der Waals surface area contributed by atoms with Gasteiger partial charge in [-0.1, -0.05) is 156 Å². The van der Waals surface area contributed by atoms with Crippen LogP contribution in [0.5, 0.6) is 0 Å². The minimum absolute atomic E-state index is 0.623. The van der Waals surface area contributed by atoms with Gasteiger partial charge in [-0.25, -0.2) is 9.55 Å². The molecule has 0 amide bonds. The molecule has 0 radical (unpaired) electrons. The van der Waals surface area contributed by atoms with Crippen LogP contribution in [0.4, 0.5) is 0 Å². The first-order valence-electron chi connectivity index (χ1n) is 16.8. The Morgan fingerprint density at radius 3 is 1.31 bits per heavy atom. The Hall–Kier alpha value is -0.790. The van der Waals surface area contributed by atoms with Crippen LogP contribution in [0.25, 0.3) is 0 Å². The lowest BCUT2D eigenvalue weighted by Gasteiger charge is -2.17. The smallest absolute Gasteiger partial charge is 0.247 e. The first-order chi connectivity index (χ1) is 17.7. The molecule has 0 saturated heterocycles. The SMILES string of the molecule is CCCCCCCCCCCCCCC(CCCCCCC)c1[nH]cc[n+]1C(C)CCCCCCC. The maximum atomic E-state index is 3.71. The van der Waals surface area contributed by atoms with Crippen LogP contribution in [0.1, 0.15) is 206 Å². The number of unbranched alkanes of at least 4 members (excludes halogenated alkanes) is 19. The Balaban J connectivity index is 2.40. The molecular formula is C34H67N2+. The summed E-state index contributed by atoms with van der Waals surface area (Å²) in [5.41, 5.74) is 0. The number of rotatable bonds is 27. The summed E-state index contributed by atoms with van der Waals surface area (Å²) in [5, 5.41) is 0. The number of nitrogens with zero attached hydrogens (tertiary/aromatic N) is 1. The van der Waals surface area contributed by atoms with Gasteiger partial charge in [0.2, 0.25) is 0 Å². The zero-order valence-corrected chi connectivity index (χ0v) is 25.4. The van der Waals surface area contributed by atoms with Crippen LogP contribution in [0, 0.1) is 0 Å². The molecule has 0 bridgehead atoms. The van der Waals surface area contributed by atoms with Gasteiger partial charge in [-0.15, -0.1) is 0 Å². The largest absolute Gasteiger partial charge is 0.257 e. The fraction of sp³-hybridized carbons (Fsp3) is 0.912. The molecule has 0 aliphatic heterocycles. The third kappa shape index (κ3) is 16.9. The van der Waals surface area contributed by atoms with Crippen molar-refractivity contribution in [3.8, 4) is 0 Å². The lowest BCUT2D eigenvalue weighted by atomic mass is 9.93.